The molecule has 0 radical (unpaired) electrons. The smallest absolute Gasteiger partial charge is 0.159 e. The molecule has 0 saturated carbocycles. The predicted octanol–water partition coefficient (Wildman–Crippen LogP) is 2.85. The zero-order valence-corrected chi connectivity index (χ0v) is 12.4. The Bertz CT molecular complexity index is 581. The maximum Gasteiger partial charge on any atom is 0.159 e. The van der Waals surface area contributed by atoms with Crippen LogP contribution >= 0.6 is 0 Å². The Hall–Kier alpha value is -1.75. The molecule has 0 aliphatic carbocycles. The van der Waals surface area contributed by atoms with Gasteiger partial charge in [-0.2, -0.15) is 5.10 Å². The average molecular weight is 293 g/mol. The fourth-order valence-electron chi connectivity index (χ4n) is 2.48. The second kappa shape index (κ2) is 7.31. The van der Waals surface area contributed by atoms with Gasteiger partial charge in [0.25, 0.3) is 0 Å². The zero-order valence-electron chi connectivity index (χ0n) is 12.4. The fourth-order valence-corrected chi connectivity index (χ4v) is 2.48. The lowest BCUT2D eigenvalue weighted by Gasteiger charge is -2.18. The molecule has 21 heavy (non-hydrogen) atoms. The molecule has 3 nitrogen and oxygen atoms in total. The second-order valence-electron chi connectivity index (χ2n) is 5.19. The molecule has 1 atom stereocenters. The number of benzene rings is 1. The molecule has 0 amide bonds. The summed E-state index contributed by atoms with van der Waals surface area (Å²) in [5.74, 6) is -1.58. The normalized spacial score (nSPS) is 12.6. The molecule has 0 spiro atoms. The number of halogens is 2. The number of aryl methyl sites for hydroxylation is 2. The van der Waals surface area contributed by atoms with E-state index in [0.717, 1.165) is 24.9 Å². The van der Waals surface area contributed by atoms with Gasteiger partial charge in [0.05, 0.1) is 0 Å². The summed E-state index contributed by atoms with van der Waals surface area (Å²) in [6, 6.07) is 6.35. The molecule has 5 heteroatoms. The molecule has 0 bridgehead atoms. The first-order valence-electron chi connectivity index (χ1n) is 7.24. The fraction of sp³-hybridized carbons (Fsp3) is 0.438. The third-order valence-corrected chi connectivity index (χ3v) is 3.63. The van der Waals surface area contributed by atoms with Gasteiger partial charge in [0, 0.05) is 25.0 Å². The van der Waals surface area contributed by atoms with Gasteiger partial charge < -0.3 is 5.32 Å². The average Bonchev–Trinajstić information content (AvgIpc) is 2.86. The highest BCUT2D eigenvalue weighted by Crippen LogP contribution is 2.13. The van der Waals surface area contributed by atoms with Crippen LogP contribution < -0.4 is 5.32 Å². The highest BCUT2D eigenvalue weighted by atomic mass is 19.2. The van der Waals surface area contributed by atoms with E-state index in [4.69, 9.17) is 0 Å². The molecule has 1 N–H and O–H groups in total. The van der Waals surface area contributed by atoms with E-state index in [1.165, 1.54) is 17.8 Å². The molecule has 1 unspecified atom stereocenters. The maximum atomic E-state index is 13.3. The first-order valence-corrected chi connectivity index (χ1v) is 7.24. The second-order valence-corrected chi connectivity index (χ2v) is 5.19. The minimum absolute atomic E-state index is 0.231. The molecule has 0 aliphatic heterocycles. The van der Waals surface area contributed by atoms with Crippen LogP contribution in [0.15, 0.2) is 30.5 Å². The molecular weight excluding hydrogens is 272 g/mol. The number of aromatic nitrogens is 2. The van der Waals surface area contributed by atoms with Crippen LogP contribution in [0.1, 0.15) is 24.6 Å². The van der Waals surface area contributed by atoms with Gasteiger partial charge in [0.15, 0.2) is 11.6 Å². The van der Waals surface area contributed by atoms with Crippen molar-refractivity contribution in [3.05, 3.63) is 53.4 Å². The summed E-state index contributed by atoms with van der Waals surface area (Å²) < 4.78 is 28.1. The van der Waals surface area contributed by atoms with Crippen molar-refractivity contribution in [1.82, 2.24) is 15.1 Å². The summed E-state index contributed by atoms with van der Waals surface area (Å²) in [4.78, 5) is 0. The number of likely N-dealkylation sites (N-methyl/N-ethyl adjacent to an activating group) is 1. The third-order valence-electron chi connectivity index (χ3n) is 3.63. The van der Waals surface area contributed by atoms with Crippen LogP contribution in [0.3, 0.4) is 0 Å². The number of hydrogen-bond donors (Lipinski definition) is 1. The van der Waals surface area contributed by atoms with Gasteiger partial charge in [-0.1, -0.05) is 13.0 Å². The van der Waals surface area contributed by atoms with Gasteiger partial charge in [-0.3, -0.25) is 4.68 Å². The number of rotatable bonds is 7. The monoisotopic (exact) mass is 293 g/mol. The zero-order chi connectivity index (χ0) is 15.2. The van der Waals surface area contributed by atoms with Crippen molar-refractivity contribution in [2.45, 2.75) is 32.2 Å². The highest BCUT2D eigenvalue weighted by molar-refractivity contribution is 5.19. The molecule has 0 aliphatic rings. The molecule has 1 heterocycles. The lowest BCUT2D eigenvalue weighted by Crippen LogP contribution is -2.31. The van der Waals surface area contributed by atoms with E-state index in [0.29, 0.717) is 6.42 Å². The largest absolute Gasteiger partial charge is 0.314 e. The lowest BCUT2D eigenvalue weighted by atomic mass is 10.0. The van der Waals surface area contributed by atoms with Gasteiger partial charge in [-0.25, -0.2) is 8.78 Å². The van der Waals surface area contributed by atoms with Gasteiger partial charge in [0.2, 0.25) is 0 Å². The van der Waals surface area contributed by atoms with Crippen molar-refractivity contribution in [2.75, 3.05) is 6.54 Å². The molecule has 2 rings (SSSR count). The van der Waals surface area contributed by atoms with Gasteiger partial charge in [-0.15, -0.1) is 0 Å². The van der Waals surface area contributed by atoms with Crippen LogP contribution in [0.2, 0.25) is 0 Å². The van der Waals surface area contributed by atoms with E-state index in [1.807, 2.05) is 24.7 Å². The van der Waals surface area contributed by atoms with Crippen LogP contribution in [-0.2, 0) is 19.9 Å². The molecule has 1 aromatic heterocycles. The SMILES string of the molecule is CCNC(CCc1ccnn1C)Cc1ccc(F)c(F)c1. The van der Waals surface area contributed by atoms with Crippen molar-refractivity contribution in [3.63, 3.8) is 0 Å². The number of nitrogens with one attached hydrogen (secondary N) is 1. The van der Waals surface area contributed by atoms with E-state index < -0.39 is 11.6 Å². The lowest BCUT2D eigenvalue weighted by molar-refractivity contribution is 0.477. The van der Waals surface area contributed by atoms with Crippen LogP contribution in [0.4, 0.5) is 8.78 Å². The van der Waals surface area contributed by atoms with E-state index in [2.05, 4.69) is 10.4 Å². The van der Waals surface area contributed by atoms with Crippen molar-refractivity contribution in [1.29, 1.82) is 0 Å². The van der Waals surface area contributed by atoms with Crippen LogP contribution in [-0.4, -0.2) is 22.4 Å². The van der Waals surface area contributed by atoms with Gasteiger partial charge in [0.1, 0.15) is 0 Å². The highest BCUT2D eigenvalue weighted by Gasteiger charge is 2.11. The van der Waals surface area contributed by atoms with Gasteiger partial charge in [-0.05, 0) is 49.6 Å². The van der Waals surface area contributed by atoms with E-state index in [9.17, 15) is 8.78 Å². The van der Waals surface area contributed by atoms with Crippen LogP contribution in [0.25, 0.3) is 0 Å². The Morgan fingerprint density at radius 3 is 2.67 bits per heavy atom. The molecule has 1 aromatic carbocycles. The van der Waals surface area contributed by atoms with E-state index >= 15 is 0 Å². The molecule has 2 aromatic rings. The first kappa shape index (κ1) is 15.6. The Morgan fingerprint density at radius 2 is 2.05 bits per heavy atom. The summed E-state index contributed by atoms with van der Waals surface area (Å²) in [6.07, 6.45) is 4.29. The number of nitrogens with zero attached hydrogens (tertiary/aromatic N) is 2. The minimum atomic E-state index is -0.798. The molecule has 0 saturated heterocycles. The summed E-state index contributed by atoms with van der Waals surface area (Å²) in [7, 11) is 1.92. The summed E-state index contributed by atoms with van der Waals surface area (Å²) in [5, 5.41) is 7.55. The van der Waals surface area contributed by atoms with Gasteiger partial charge >= 0.3 is 0 Å². The van der Waals surface area contributed by atoms with Crippen molar-refractivity contribution in [3.8, 4) is 0 Å². The molecular formula is C16H21F2N3. The molecule has 0 fully saturated rings. The summed E-state index contributed by atoms with van der Waals surface area (Å²) in [6.45, 7) is 2.89. The predicted molar refractivity (Wildman–Crippen MR) is 79.1 cm³/mol. The van der Waals surface area contributed by atoms with Crippen molar-refractivity contribution in [2.24, 2.45) is 7.05 Å². The van der Waals surface area contributed by atoms with Crippen molar-refractivity contribution >= 4 is 0 Å². The first-order chi connectivity index (χ1) is 10.1. The Morgan fingerprint density at radius 1 is 1.24 bits per heavy atom. The summed E-state index contributed by atoms with van der Waals surface area (Å²) >= 11 is 0. The van der Waals surface area contributed by atoms with E-state index in [1.54, 1.807) is 12.3 Å². The van der Waals surface area contributed by atoms with E-state index in [-0.39, 0.29) is 6.04 Å². The van der Waals surface area contributed by atoms with Crippen molar-refractivity contribution < 1.29 is 8.78 Å². The Balaban J connectivity index is 1.98. The minimum Gasteiger partial charge on any atom is -0.314 e. The Kier molecular flexibility index (Phi) is 5.44. The number of hydrogen-bond acceptors (Lipinski definition) is 2. The standard InChI is InChI=1S/C16H21F2N3/c1-3-19-13(5-6-14-8-9-20-21(14)2)10-12-4-7-15(17)16(18)11-12/h4,7-9,11,13,19H,3,5-6,10H2,1-2H3. The topological polar surface area (TPSA) is 29.9 Å². The quantitative estimate of drug-likeness (QED) is 0.850. The maximum absolute atomic E-state index is 13.3. The Labute approximate surface area is 124 Å². The van der Waals surface area contributed by atoms with Crippen LogP contribution in [0.5, 0.6) is 0 Å². The third kappa shape index (κ3) is 4.36. The summed E-state index contributed by atoms with van der Waals surface area (Å²) in [5.41, 5.74) is 1.98. The van der Waals surface area contributed by atoms with Crippen LogP contribution in [0, 0.1) is 11.6 Å². The molecule has 114 valence electrons.